The van der Waals surface area contributed by atoms with Crippen molar-refractivity contribution in [1.82, 2.24) is 19.4 Å². The van der Waals surface area contributed by atoms with Crippen molar-refractivity contribution in [1.29, 1.82) is 0 Å². The first kappa shape index (κ1) is 41.8. The Bertz CT molecular complexity index is 1940. The number of aromatic nitrogens is 2. The molecule has 3 aliphatic rings. The van der Waals surface area contributed by atoms with Gasteiger partial charge in [0.25, 0.3) is 5.91 Å². The second kappa shape index (κ2) is 16.6. The number of nitrogens with zero attached hydrogens (tertiary/aromatic N) is 5. The molecule has 0 radical (unpaired) electrons. The molecule has 3 aliphatic heterocycles. The van der Waals surface area contributed by atoms with Crippen molar-refractivity contribution in [3.8, 4) is 0 Å². The first-order valence-corrected chi connectivity index (χ1v) is 19.2. The number of amides is 2. The first-order chi connectivity index (χ1) is 26.9. The Labute approximate surface area is 327 Å². The monoisotopic (exact) mass is 806 g/mol. The lowest BCUT2D eigenvalue weighted by Crippen LogP contribution is -2.49. The Morgan fingerprint density at radius 2 is 1.72 bits per heavy atom. The van der Waals surface area contributed by atoms with Gasteiger partial charge in [0.05, 0.1) is 24.6 Å². The molecule has 57 heavy (non-hydrogen) atoms. The summed E-state index contributed by atoms with van der Waals surface area (Å²) in [6.45, 7) is 7.73. The van der Waals surface area contributed by atoms with E-state index in [0.717, 1.165) is 24.3 Å². The van der Waals surface area contributed by atoms with E-state index in [9.17, 15) is 31.9 Å². The number of benzene rings is 2. The van der Waals surface area contributed by atoms with Gasteiger partial charge in [0.1, 0.15) is 17.2 Å². The summed E-state index contributed by atoms with van der Waals surface area (Å²) in [4.78, 5) is 48.6. The number of rotatable bonds is 9. The number of carbonyl (C=O) groups is 3. The Kier molecular flexibility index (Phi) is 12.2. The van der Waals surface area contributed by atoms with E-state index < -0.39 is 71.0 Å². The van der Waals surface area contributed by atoms with Crippen LogP contribution in [-0.4, -0.2) is 101 Å². The molecular weight excluding hydrogens is 758 g/mol. The average Bonchev–Trinajstić information content (AvgIpc) is 3.74. The number of hydrogen-bond donors (Lipinski definition) is 1. The number of likely N-dealkylation sites (tertiary alicyclic amines) is 2. The van der Waals surface area contributed by atoms with Gasteiger partial charge in [-0.1, -0.05) is 12.1 Å². The molecule has 4 heterocycles. The van der Waals surface area contributed by atoms with Crippen LogP contribution in [0.3, 0.4) is 0 Å². The quantitative estimate of drug-likeness (QED) is 0.180. The van der Waals surface area contributed by atoms with Crippen molar-refractivity contribution >= 4 is 29.6 Å². The fourth-order valence-corrected chi connectivity index (χ4v) is 7.99. The van der Waals surface area contributed by atoms with Crippen LogP contribution in [0.15, 0.2) is 48.8 Å². The predicted molar refractivity (Wildman–Crippen MR) is 198 cm³/mol. The second-order valence-corrected chi connectivity index (χ2v) is 15.9. The highest BCUT2D eigenvalue weighted by Crippen LogP contribution is 2.43. The van der Waals surface area contributed by atoms with E-state index in [-0.39, 0.29) is 49.5 Å². The number of nitrogens with one attached hydrogen (secondary N) is 1. The van der Waals surface area contributed by atoms with Crippen molar-refractivity contribution in [2.75, 3.05) is 56.1 Å². The highest BCUT2D eigenvalue weighted by Gasteiger charge is 2.56. The van der Waals surface area contributed by atoms with Crippen molar-refractivity contribution in [2.45, 2.75) is 89.3 Å². The second-order valence-electron chi connectivity index (χ2n) is 15.9. The highest BCUT2D eigenvalue weighted by atomic mass is 19.4. The maximum Gasteiger partial charge on any atom is 0.416 e. The van der Waals surface area contributed by atoms with Crippen LogP contribution in [0.2, 0.25) is 0 Å². The molecule has 11 nitrogen and oxygen atoms in total. The molecule has 1 N–H and O–H groups in total. The predicted octanol–water partition coefficient (Wildman–Crippen LogP) is 7.15. The number of imidazole rings is 1. The molecule has 3 aromatic rings. The Morgan fingerprint density at radius 3 is 2.39 bits per heavy atom. The summed E-state index contributed by atoms with van der Waals surface area (Å²) in [6.07, 6.45) is -0.340. The molecule has 6 rings (SSSR count). The third kappa shape index (κ3) is 9.50. The number of ether oxygens (including phenoxy) is 2. The molecule has 3 saturated heterocycles. The molecule has 0 spiro atoms. The fourth-order valence-electron chi connectivity index (χ4n) is 7.99. The molecule has 17 heteroatoms. The van der Waals surface area contributed by atoms with E-state index in [0.29, 0.717) is 56.9 Å². The van der Waals surface area contributed by atoms with Gasteiger partial charge in [-0.05, 0) is 82.7 Å². The summed E-state index contributed by atoms with van der Waals surface area (Å²) < 4.78 is 101. The number of hydrogen-bond acceptors (Lipinski definition) is 8. The van der Waals surface area contributed by atoms with Gasteiger partial charge in [0, 0.05) is 75.4 Å². The largest absolute Gasteiger partial charge is 0.466 e. The molecule has 0 bridgehead atoms. The standard InChI is InChI=1S/C40H48F6N6O5/c1-5-56-34(53)26-7-6-15-50(22-26)33-19-27(40(44,45)46)9-8-25(33)21-51-18-14-47-36(51)48-35(54)39(43)24-52(23-31(39)30-11-10-28(41)20-32(30)42)29-12-16-49(17-13-29)37(55)57-38(2,3)4/h8-11,14,18-20,26,29,31H,5-7,12-13,15-17,21-24H2,1-4H3,(H,47,48,54)/t26-,31+,39+/m1/s1. The number of anilines is 2. The zero-order valence-electron chi connectivity index (χ0n) is 32.4. The summed E-state index contributed by atoms with van der Waals surface area (Å²) in [7, 11) is 0. The first-order valence-electron chi connectivity index (χ1n) is 19.2. The minimum atomic E-state index is -4.64. The maximum atomic E-state index is 17.5. The molecule has 2 amide bonds. The minimum absolute atomic E-state index is 0.0739. The van der Waals surface area contributed by atoms with Crippen molar-refractivity contribution < 1.29 is 50.2 Å². The molecule has 0 unspecified atom stereocenters. The molecule has 2 aromatic carbocycles. The van der Waals surface area contributed by atoms with Crippen LogP contribution in [-0.2, 0) is 31.8 Å². The third-order valence-corrected chi connectivity index (χ3v) is 10.8. The number of carbonyl (C=O) groups excluding carboxylic acids is 3. The van der Waals surface area contributed by atoms with E-state index in [1.165, 1.54) is 23.0 Å². The number of esters is 1. The van der Waals surface area contributed by atoms with Crippen LogP contribution in [0.25, 0.3) is 0 Å². The Balaban J connectivity index is 1.24. The van der Waals surface area contributed by atoms with Gasteiger partial charge in [0.15, 0.2) is 0 Å². The van der Waals surface area contributed by atoms with Crippen LogP contribution in [0.4, 0.5) is 42.8 Å². The van der Waals surface area contributed by atoms with Crippen LogP contribution >= 0.6 is 0 Å². The summed E-state index contributed by atoms with van der Waals surface area (Å²) in [5.41, 5.74) is -3.81. The van der Waals surface area contributed by atoms with Gasteiger partial charge in [-0.3, -0.25) is 19.8 Å². The smallest absolute Gasteiger partial charge is 0.416 e. The third-order valence-electron chi connectivity index (χ3n) is 10.8. The lowest BCUT2D eigenvalue weighted by molar-refractivity contribution is -0.148. The van der Waals surface area contributed by atoms with Crippen molar-refractivity contribution in [3.63, 3.8) is 0 Å². The van der Waals surface area contributed by atoms with E-state index in [1.807, 2.05) is 0 Å². The zero-order valence-corrected chi connectivity index (χ0v) is 32.4. The molecule has 3 fully saturated rings. The van der Waals surface area contributed by atoms with Crippen molar-refractivity contribution in [2.24, 2.45) is 5.92 Å². The van der Waals surface area contributed by atoms with E-state index >= 15 is 8.78 Å². The van der Waals surface area contributed by atoms with Crippen molar-refractivity contribution in [3.05, 3.63) is 77.1 Å². The maximum absolute atomic E-state index is 17.5. The molecule has 1 aromatic heterocycles. The SMILES string of the molecule is CCOC(=O)[C@@H]1CCCN(c2cc(C(F)(F)F)ccc2Cn2ccnc2NC(=O)[C@]2(F)CN(C3CCN(C(=O)OC(C)(C)C)CC3)C[C@H]2c2ccc(F)cc2F)C1. The number of halogens is 6. The number of piperidine rings is 2. The van der Waals surface area contributed by atoms with Crippen LogP contribution in [0.5, 0.6) is 0 Å². The topological polar surface area (TPSA) is 109 Å². The van der Waals surface area contributed by atoms with E-state index in [4.69, 9.17) is 9.47 Å². The van der Waals surface area contributed by atoms with Gasteiger partial charge in [-0.2, -0.15) is 13.2 Å². The highest BCUT2D eigenvalue weighted by molar-refractivity contribution is 5.97. The Hall–Kier alpha value is -4.80. The van der Waals surface area contributed by atoms with Crippen LogP contribution in [0, 0.1) is 17.6 Å². The average molecular weight is 807 g/mol. The molecule has 0 saturated carbocycles. The van der Waals surface area contributed by atoms with E-state index in [2.05, 4.69) is 10.3 Å². The summed E-state index contributed by atoms with van der Waals surface area (Å²) >= 11 is 0. The van der Waals surface area contributed by atoms with Crippen LogP contribution < -0.4 is 10.2 Å². The zero-order chi connectivity index (χ0) is 41.3. The fraction of sp³-hybridized carbons (Fsp3) is 0.550. The molecule has 310 valence electrons. The summed E-state index contributed by atoms with van der Waals surface area (Å²) in [5.74, 6) is -5.40. The Morgan fingerprint density at radius 1 is 0.982 bits per heavy atom. The molecular formula is C40H48F6N6O5. The lowest BCUT2D eigenvalue weighted by atomic mass is 9.85. The van der Waals surface area contributed by atoms with Gasteiger partial charge in [-0.25, -0.2) is 22.9 Å². The number of alkyl halides is 4. The summed E-state index contributed by atoms with van der Waals surface area (Å²) in [6, 6.07) is 5.81. The minimum Gasteiger partial charge on any atom is -0.466 e. The van der Waals surface area contributed by atoms with Crippen LogP contribution in [0.1, 0.15) is 76.0 Å². The molecule has 0 aliphatic carbocycles. The van der Waals surface area contributed by atoms with Gasteiger partial charge < -0.3 is 23.8 Å². The molecule has 3 atom stereocenters. The van der Waals surface area contributed by atoms with Gasteiger partial charge in [0.2, 0.25) is 11.6 Å². The van der Waals surface area contributed by atoms with Gasteiger partial charge >= 0.3 is 18.2 Å². The normalized spacial score (nSPS) is 22.4. The van der Waals surface area contributed by atoms with E-state index in [1.54, 1.807) is 42.4 Å². The summed E-state index contributed by atoms with van der Waals surface area (Å²) in [5, 5.41) is 2.55. The lowest BCUT2D eigenvalue weighted by Gasteiger charge is -2.37. The van der Waals surface area contributed by atoms with Gasteiger partial charge in [-0.15, -0.1) is 0 Å².